The molecule has 5 nitrogen and oxygen atoms in total. The molecule has 0 radical (unpaired) electrons. The Kier molecular flexibility index (Phi) is 6.08. The van der Waals surface area contributed by atoms with Crippen LogP contribution in [0.2, 0.25) is 0 Å². The van der Waals surface area contributed by atoms with Crippen molar-refractivity contribution in [2.24, 2.45) is 5.73 Å². The molecule has 3 N–H and O–H groups in total. The van der Waals surface area contributed by atoms with Crippen molar-refractivity contribution in [3.8, 4) is 11.5 Å². The number of halogens is 2. The number of hydrogen-bond donors (Lipinski definition) is 2. The van der Waals surface area contributed by atoms with Crippen molar-refractivity contribution < 1.29 is 23.0 Å². The number of carbonyl (C=O) groups is 1. The van der Waals surface area contributed by atoms with Crippen molar-refractivity contribution in [2.75, 3.05) is 7.11 Å². The van der Waals surface area contributed by atoms with E-state index < -0.39 is 18.6 Å². The summed E-state index contributed by atoms with van der Waals surface area (Å²) in [7, 11) is 1.36. The van der Waals surface area contributed by atoms with Crippen LogP contribution in [0.15, 0.2) is 48.5 Å². The molecule has 0 saturated carbocycles. The van der Waals surface area contributed by atoms with Crippen LogP contribution in [-0.4, -0.2) is 19.6 Å². The van der Waals surface area contributed by atoms with Gasteiger partial charge in [-0.05, 0) is 23.3 Å². The first-order valence-electron chi connectivity index (χ1n) is 7.20. The van der Waals surface area contributed by atoms with E-state index in [2.05, 4.69) is 10.1 Å². The number of rotatable bonds is 8. The van der Waals surface area contributed by atoms with E-state index in [0.717, 1.165) is 11.1 Å². The van der Waals surface area contributed by atoms with Gasteiger partial charge in [0.25, 0.3) is 0 Å². The number of benzene rings is 2. The molecular weight excluding hydrogens is 318 g/mol. The Balaban J connectivity index is 2.11. The highest BCUT2D eigenvalue weighted by molar-refractivity contribution is 5.81. The van der Waals surface area contributed by atoms with Crippen LogP contribution in [-0.2, 0) is 11.3 Å². The Morgan fingerprint density at radius 1 is 1.17 bits per heavy atom. The maximum Gasteiger partial charge on any atom is 0.387 e. The average molecular weight is 336 g/mol. The zero-order chi connectivity index (χ0) is 17.5. The van der Waals surface area contributed by atoms with Crippen LogP contribution in [0.3, 0.4) is 0 Å². The summed E-state index contributed by atoms with van der Waals surface area (Å²) in [5, 5.41) is 3.04. The third kappa shape index (κ3) is 4.66. The SMILES string of the molecule is COc1cc(CN[C@@H](C(N)=O)c2ccccc2)ccc1OC(F)F. The van der Waals surface area contributed by atoms with Crippen LogP contribution in [0.5, 0.6) is 11.5 Å². The smallest absolute Gasteiger partial charge is 0.387 e. The summed E-state index contributed by atoms with van der Waals surface area (Å²) in [5.74, 6) is -0.374. The van der Waals surface area contributed by atoms with Crippen LogP contribution >= 0.6 is 0 Å². The van der Waals surface area contributed by atoms with Crippen LogP contribution < -0.4 is 20.5 Å². The van der Waals surface area contributed by atoms with E-state index in [-0.39, 0.29) is 11.5 Å². The lowest BCUT2D eigenvalue weighted by molar-refractivity contribution is -0.120. The number of amides is 1. The Morgan fingerprint density at radius 2 is 1.88 bits per heavy atom. The molecule has 24 heavy (non-hydrogen) atoms. The van der Waals surface area contributed by atoms with Gasteiger partial charge in [-0.15, -0.1) is 0 Å². The lowest BCUT2D eigenvalue weighted by Gasteiger charge is -2.17. The fourth-order valence-electron chi connectivity index (χ4n) is 2.26. The van der Waals surface area contributed by atoms with Crippen molar-refractivity contribution in [3.05, 3.63) is 59.7 Å². The predicted molar refractivity (Wildman–Crippen MR) is 84.8 cm³/mol. The van der Waals surface area contributed by atoms with E-state index in [0.29, 0.717) is 6.54 Å². The molecule has 0 unspecified atom stereocenters. The molecule has 1 amide bonds. The fraction of sp³-hybridized carbons (Fsp3) is 0.235. The Hall–Kier alpha value is -2.67. The van der Waals surface area contributed by atoms with E-state index in [4.69, 9.17) is 10.5 Å². The Morgan fingerprint density at radius 3 is 2.46 bits per heavy atom. The molecule has 0 aliphatic carbocycles. The van der Waals surface area contributed by atoms with Gasteiger partial charge in [-0.2, -0.15) is 8.78 Å². The second kappa shape index (κ2) is 8.26. The van der Waals surface area contributed by atoms with E-state index in [1.165, 1.54) is 13.2 Å². The zero-order valence-corrected chi connectivity index (χ0v) is 13.0. The number of carbonyl (C=O) groups excluding carboxylic acids is 1. The molecule has 2 rings (SSSR count). The first kappa shape index (κ1) is 17.7. The van der Waals surface area contributed by atoms with Crippen LogP contribution in [0.25, 0.3) is 0 Å². The molecule has 0 aliphatic heterocycles. The van der Waals surface area contributed by atoms with Gasteiger partial charge in [0, 0.05) is 6.54 Å². The lowest BCUT2D eigenvalue weighted by atomic mass is 10.1. The highest BCUT2D eigenvalue weighted by atomic mass is 19.3. The molecular formula is C17H18F2N2O3. The second-order valence-electron chi connectivity index (χ2n) is 4.99. The van der Waals surface area contributed by atoms with Gasteiger partial charge in [0.15, 0.2) is 11.5 Å². The Bertz CT molecular complexity index is 681. The number of nitrogens with two attached hydrogens (primary N) is 1. The van der Waals surface area contributed by atoms with Crippen molar-refractivity contribution >= 4 is 5.91 Å². The van der Waals surface area contributed by atoms with Gasteiger partial charge in [0.2, 0.25) is 5.91 Å². The fourth-order valence-corrected chi connectivity index (χ4v) is 2.26. The van der Waals surface area contributed by atoms with Crippen molar-refractivity contribution in [2.45, 2.75) is 19.2 Å². The number of nitrogens with one attached hydrogen (secondary N) is 1. The molecule has 0 bridgehead atoms. The van der Waals surface area contributed by atoms with E-state index in [1.54, 1.807) is 24.3 Å². The summed E-state index contributed by atoms with van der Waals surface area (Å²) in [4.78, 5) is 11.7. The summed E-state index contributed by atoms with van der Waals surface area (Å²) in [6, 6.07) is 13.0. The maximum absolute atomic E-state index is 12.3. The zero-order valence-electron chi connectivity index (χ0n) is 13.0. The van der Waals surface area contributed by atoms with E-state index in [1.807, 2.05) is 18.2 Å². The molecule has 128 valence electrons. The molecule has 2 aromatic rings. The Labute approximate surface area is 138 Å². The topological polar surface area (TPSA) is 73.6 Å². The second-order valence-corrected chi connectivity index (χ2v) is 4.99. The summed E-state index contributed by atoms with van der Waals surface area (Å²) >= 11 is 0. The van der Waals surface area contributed by atoms with Gasteiger partial charge in [0.05, 0.1) is 7.11 Å². The van der Waals surface area contributed by atoms with Crippen molar-refractivity contribution in [1.29, 1.82) is 0 Å². The summed E-state index contributed by atoms with van der Waals surface area (Å²) < 4.78 is 34.1. The molecule has 1 atom stereocenters. The van der Waals surface area contributed by atoms with Gasteiger partial charge < -0.3 is 15.2 Å². The molecule has 2 aromatic carbocycles. The number of methoxy groups -OCH3 is 1. The van der Waals surface area contributed by atoms with Gasteiger partial charge in [0.1, 0.15) is 6.04 Å². The summed E-state index contributed by atoms with van der Waals surface area (Å²) in [5.41, 5.74) is 6.92. The predicted octanol–water partition coefficient (Wildman–Crippen LogP) is 2.61. The first-order chi connectivity index (χ1) is 11.5. The largest absolute Gasteiger partial charge is 0.493 e. The normalized spacial score (nSPS) is 12.0. The summed E-state index contributed by atoms with van der Waals surface area (Å²) in [6.07, 6.45) is 0. The first-order valence-corrected chi connectivity index (χ1v) is 7.20. The number of hydrogen-bond acceptors (Lipinski definition) is 4. The summed E-state index contributed by atoms with van der Waals surface area (Å²) in [6.45, 7) is -2.63. The third-order valence-corrected chi connectivity index (χ3v) is 3.37. The standard InChI is InChI=1S/C17H18F2N2O3/c1-23-14-9-11(7-8-13(14)24-17(18)19)10-21-15(16(20)22)12-5-3-2-4-6-12/h2-9,15,17,21H,10H2,1H3,(H2,20,22)/t15-/m1/s1. The highest BCUT2D eigenvalue weighted by Gasteiger charge is 2.17. The van der Waals surface area contributed by atoms with E-state index >= 15 is 0 Å². The molecule has 0 aliphatic rings. The van der Waals surface area contributed by atoms with Gasteiger partial charge in [-0.25, -0.2) is 0 Å². The number of alkyl halides is 2. The quantitative estimate of drug-likeness (QED) is 0.777. The van der Waals surface area contributed by atoms with Gasteiger partial charge in [-0.3, -0.25) is 10.1 Å². The number of ether oxygens (including phenoxy) is 2. The maximum atomic E-state index is 12.3. The monoisotopic (exact) mass is 336 g/mol. The molecule has 0 heterocycles. The van der Waals surface area contributed by atoms with E-state index in [9.17, 15) is 13.6 Å². The molecule has 0 spiro atoms. The van der Waals surface area contributed by atoms with Gasteiger partial charge >= 0.3 is 6.61 Å². The van der Waals surface area contributed by atoms with Crippen molar-refractivity contribution in [3.63, 3.8) is 0 Å². The molecule has 0 aromatic heterocycles. The highest BCUT2D eigenvalue weighted by Crippen LogP contribution is 2.29. The molecule has 0 fully saturated rings. The minimum atomic E-state index is -2.93. The van der Waals surface area contributed by atoms with Crippen LogP contribution in [0, 0.1) is 0 Å². The minimum absolute atomic E-state index is 0.0502. The lowest BCUT2D eigenvalue weighted by Crippen LogP contribution is -2.33. The molecule has 0 saturated heterocycles. The minimum Gasteiger partial charge on any atom is -0.493 e. The van der Waals surface area contributed by atoms with Crippen LogP contribution in [0.1, 0.15) is 17.2 Å². The van der Waals surface area contributed by atoms with Gasteiger partial charge in [-0.1, -0.05) is 36.4 Å². The number of primary amides is 1. The third-order valence-electron chi connectivity index (χ3n) is 3.37. The van der Waals surface area contributed by atoms with Crippen molar-refractivity contribution in [1.82, 2.24) is 5.32 Å². The van der Waals surface area contributed by atoms with Crippen LogP contribution in [0.4, 0.5) is 8.78 Å². The molecule has 7 heteroatoms. The average Bonchev–Trinajstić information content (AvgIpc) is 2.56.